The lowest BCUT2D eigenvalue weighted by Gasteiger charge is -2.27. The van der Waals surface area contributed by atoms with Crippen LogP contribution in [0.1, 0.15) is 52.9 Å². The van der Waals surface area contributed by atoms with Crippen molar-refractivity contribution >= 4 is 0 Å². The summed E-state index contributed by atoms with van der Waals surface area (Å²) in [4.78, 5) is 0. The smallest absolute Gasteiger partial charge is 0.0584 e. The molecule has 0 spiro atoms. The molecule has 0 saturated heterocycles. The summed E-state index contributed by atoms with van der Waals surface area (Å²) in [5.74, 6) is 0.739. The van der Waals surface area contributed by atoms with Crippen molar-refractivity contribution in [1.82, 2.24) is 0 Å². The zero-order chi connectivity index (χ0) is 10.6. The summed E-state index contributed by atoms with van der Waals surface area (Å²) < 4.78 is 6.01. The SMILES string of the molecule is C=C1CCC(O[C@H](C)CC(C)C)CC1. The van der Waals surface area contributed by atoms with Crippen LogP contribution in [0.4, 0.5) is 0 Å². The third-order valence-electron chi connectivity index (χ3n) is 2.87. The highest BCUT2D eigenvalue weighted by Crippen LogP contribution is 2.25. The molecule has 0 aromatic carbocycles. The van der Waals surface area contributed by atoms with Crippen LogP contribution < -0.4 is 0 Å². The maximum absolute atomic E-state index is 6.01. The van der Waals surface area contributed by atoms with Gasteiger partial charge in [-0.1, -0.05) is 26.0 Å². The zero-order valence-electron chi connectivity index (χ0n) is 9.88. The Balaban J connectivity index is 2.20. The lowest BCUT2D eigenvalue weighted by molar-refractivity contribution is -0.0241. The van der Waals surface area contributed by atoms with Gasteiger partial charge >= 0.3 is 0 Å². The average Bonchev–Trinajstić information content (AvgIpc) is 2.07. The van der Waals surface area contributed by atoms with Gasteiger partial charge in [-0.15, -0.1) is 0 Å². The van der Waals surface area contributed by atoms with Crippen LogP contribution in [-0.2, 0) is 4.74 Å². The molecule has 0 unspecified atom stereocenters. The quantitative estimate of drug-likeness (QED) is 0.619. The average molecular weight is 196 g/mol. The number of hydrogen-bond acceptors (Lipinski definition) is 1. The van der Waals surface area contributed by atoms with Crippen molar-refractivity contribution in [3.05, 3.63) is 12.2 Å². The van der Waals surface area contributed by atoms with Gasteiger partial charge in [-0.2, -0.15) is 0 Å². The summed E-state index contributed by atoms with van der Waals surface area (Å²) in [6.45, 7) is 10.7. The summed E-state index contributed by atoms with van der Waals surface area (Å²) in [5, 5.41) is 0. The fourth-order valence-electron chi connectivity index (χ4n) is 2.18. The molecule has 0 radical (unpaired) electrons. The zero-order valence-corrected chi connectivity index (χ0v) is 9.88. The fraction of sp³-hybridized carbons (Fsp3) is 0.846. The first-order chi connectivity index (χ1) is 6.58. The molecule has 0 bridgehead atoms. The van der Waals surface area contributed by atoms with E-state index in [9.17, 15) is 0 Å². The van der Waals surface area contributed by atoms with Gasteiger partial charge in [-0.25, -0.2) is 0 Å². The Labute approximate surface area is 88.5 Å². The van der Waals surface area contributed by atoms with Gasteiger partial charge in [-0.3, -0.25) is 0 Å². The minimum atomic E-state index is 0.423. The highest BCUT2D eigenvalue weighted by molar-refractivity contribution is 4.98. The predicted octanol–water partition coefficient (Wildman–Crippen LogP) is 3.94. The van der Waals surface area contributed by atoms with Crippen LogP contribution in [0.25, 0.3) is 0 Å². The Morgan fingerprint density at radius 3 is 2.36 bits per heavy atom. The molecule has 0 heterocycles. The molecule has 0 aliphatic heterocycles. The molecule has 0 amide bonds. The molecule has 1 nitrogen and oxygen atoms in total. The first-order valence-corrected chi connectivity index (χ1v) is 5.90. The van der Waals surface area contributed by atoms with E-state index in [1.54, 1.807) is 0 Å². The van der Waals surface area contributed by atoms with Gasteiger partial charge in [0.05, 0.1) is 12.2 Å². The van der Waals surface area contributed by atoms with Crippen molar-refractivity contribution in [2.24, 2.45) is 5.92 Å². The highest BCUT2D eigenvalue weighted by atomic mass is 16.5. The largest absolute Gasteiger partial charge is 0.375 e. The lowest BCUT2D eigenvalue weighted by atomic mass is 9.93. The van der Waals surface area contributed by atoms with Crippen LogP contribution in [0.5, 0.6) is 0 Å². The maximum atomic E-state index is 6.01. The van der Waals surface area contributed by atoms with Gasteiger partial charge in [0.15, 0.2) is 0 Å². The second-order valence-electron chi connectivity index (χ2n) is 5.03. The Hall–Kier alpha value is -0.300. The van der Waals surface area contributed by atoms with Gasteiger partial charge in [0.1, 0.15) is 0 Å². The minimum absolute atomic E-state index is 0.423. The molecule has 0 aromatic rings. The Bertz CT molecular complexity index is 174. The topological polar surface area (TPSA) is 9.23 Å². The third-order valence-corrected chi connectivity index (χ3v) is 2.87. The molecule has 1 atom stereocenters. The summed E-state index contributed by atoms with van der Waals surface area (Å²) >= 11 is 0. The first kappa shape index (κ1) is 11.8. The molecule has 0 N–H and O–H groups in total. The van der Waals surface area contributed by atoms with E-state index in [0.717, 1.165) is 5.92 Å². The van der Waals surface area contributed by atoms with Crippen LogP contribution in [0, 0.1) is 5.92 Å². The monoisotopic (exact) mass is 196 g/mol. The second kappa shape index (κ2) is 5.55. The molecule has 82 valence electrons. The standard InChI is InChI=1S/C13H24O/c1-10(2)9-12(4)14-13-7-5-11(3)6-8-13/h10,12-13H,3,5-9H2,1-2,4H3/t12-/m1/s1. The summed E-state index contributed by atoms with van der Waals surface area (Å²) in [5.41, 5.74) is 1.40. The van der Waals surface area contributed by atoms with Gasteiger partial charge in [0.25, 0.3) is 0 Å². The molecule has 1 aliphatic carbocycles. The Kier molecular flexibility index (Phi) is 4.67. The van der Waals surface area contributed by atoms with E-state index in [1.807, 2.05) is 0 Å². The number of hydrogen-bond donors (Lipinski definition) is 0. The molecule has 1 fully saturated rings. The van der Waals surface area contributed by atoms with Crippen LogP contribution in [0.2, 0.25) is 0 Å². The van der Waals surface area contributed by atoms with Crippen LogP contribution in [0.15, 0.2) is 12.2 Å². The van der Waals surface area contributed by atoms with Crippen LogP contribution in [0.3, 0.4) is 0 Å². The van der Waals surface area contributed by atoms with Crippen molar-refractivity contribution < 1.29 is 4.74 Å². The van der Waals surface area contributed by atoms with Crippen LogP contribution in [-0.4, -0.2) is 12.2 Å². The van der Waals surface area contributed by atoms with E-state index in [-0.39, 0.29) is 0 Å². The molecule has 1 rings (SSSR count). The molecule has 1 aliphatic rings. The van der Waals surface area contributed by atoms with E-state index >= 15 is 0 Å². The third kappa shape index (κ3) is 4.28. The minimum Gasteiger partial charge on any atom is -0.375 e. The van der Waals surface area contributed by atoms with Gasteiger partial charge in [0.2, 0.25) is 0 Å². The summed E-state index contributed by atoms with van der Waals surface area (Å²) in [6.07, 6.45) is 6.79. The second-order valence-corrected chi connectivity index (χ2v) is 5.03. The summed E-state index contributed by atoms with van der Waals surface area (Å²) in [6, 6.07) is 0. The molecule has 1 saturated carbocycles. The number of ether oxygens (including phenoxy) is 1. The van der Waals surface area contributed by atoms with Crippen molar-refractivity contribution in [2.75, 3.05) is 0 Å². The highest BCUT2D eigenvalue weighted by Gasteiger charge is 2.18. The van der Waals surface area contributed by atoms with Crippen molar-refractivity contribution in [3.8, 4) is 0 Å². The number of allylic oxidation sites excluding steroid dienone is 1. The van der Waals surface area contributed by atoms with E-state index in [1.165, 1.54) is 37.7 Å². The van der Waals surface area contributed by atoms with Crippen molar-refractivity contribution in [1.29, 1.82) is 0 Å². The normalized spacial score (nSPS) is 21.6. The molecule has 1 heteroatoms. The molecular weight excluding hydrogens is 172 g/mol. The van der Waals surface area contributed by atoms with Gasteiger partial charge in [0, 0.05) is 0 Å². The Morgan fingerprint density at radius 1 is 1.29 bits per heavy atom. The Morgan fingerprint density at radius 2 is 1.86 bits per heavy atom. The van der Waals surface area contributed by atoms with E-state index in [2.05, 4.69) is 27.4 Å². The van der Waals surface area contributed by atoms with Gasteiger partial charge in [-0.05, 0) is 44.9 Å². The maximum Gasteiger partial charge on any atom is 0.0584 e. The molecular formula is C13H24O. The van der Waals surface area contributed by atoms with Crippen molar-refractivity contribution in [3.63, 3.8) is 0 Å². The lowest BCUT2D eigenvalue weighted by Crippen LogP contribution is -2.23. The van der Waals surface area contributed by atoms with Gasteiger partial charge < -0.3 is 4.74 Å². The summed E-state index contributed by atoms with van der Waals surface area (Å²) in [7, 11) is 0. The van der Waals surface area contributed by atoms with Crippen molar-refractivity contribution in [2.45, 2.75) is 65.1 Å². The number of rotatable bonds is 4. The molecule has 14 heavy (non-hydrogen) atoms. The fourth-order valence-corrected chi connectivity index (χ4v) is 2.18. The predicted molar refractivity (Wildman–Crippen MR) is 61.4 cm³/mol. The van der Waals surface area contributed by atoms with E-state index < -0.39 is 0 Å². The molecule has 0 aromatic heterocycles. The van der Waals surface area contributed by atoms with E-state index in [0.29, 0.717) is 12.2 Å². The van der Waals surface area contributed by atoms with Crippen LogP contribution >= 0.6 is 0 Å². The first-order valence-electron chi connectivity index (χ1n) is 5.90. The van der Waals surface area contributed by atoms with E-state index in [4.69, 9.17) is 4.74 Å².